The van der Waals surface area contributed by atoms with Gasteiger partial charge in [-0.15, -0.1) is 0 Å². The topological polar surface area (TPSA) is 0 Å². The summed E-state index contributed by atoms with van der Waals surface area (Å²) >= 11 is 0. The van der Waals surface area contributed by atoms with Gasteiger partial charge >= 0.3 is 0 Å². The Labute approximate surface area is 190 Å². The first-order valence-electron chi connectivity index (χ1n) is 9.63. The molecule has 0 spiro atoms. The molecule has 0 unspecified atom stereocenters. The second-order valence-electron chi connectivity index (χ2n) is 6.71. The van der Waals surface area contributed by atoms with E-state index < -0.39 is 15.8 Å². The van der Waals surface area contributed by atoms with E-state index in [1.165, 1.54) is 21.2 Å². The van der Waals surface area contributed by atoms with Crippen molar-refractivity contribution in [2.75, 3.05) is 0 Å². The predicted molar refractivity (Wildman–Crippen MR) is 128 cm³/mol. The minimum absolute atomic E-state index is 0. The molecule has 148 valence electrons. The van der Waals surface area contributed by atoms with Crippen LogP contribution in [0.25, 0.3) is 0 Å². The van der Waals surface area contributed by atoms with Crippen LogP contribution in [-0.2, 0) is 20.4 Å². The van der Waals surface area contributed by atoms with E-state index in [1.54, 1.807) is 0 Å². The number of rotatable bonds is 6. The van der Waals surface area contributed by atoms with Crippen LogP contribution in [0, 0.1) is 0 Å². The van der Waals surface area contributed by atoms with Crippen molar-refractivity contribution in [3.05, 3.63) is 121 Å². The Morgan fingerprint density at radius 1 is 0.414 bits per heavy atom. The second kappa shape index (κ2) is 11.0. The third-order valence-corrected chi connectivity index (χ3v) is 11.2. The van der Waals surface area contributed by atoms with Gasteiger partial charge in [0.05, 0.1) is 0 Å². The summed E-state index contributed by atoms with van der Waals surface area (Å²) in [5.41, 5.74) is 0. The molecule has 0 fully saturated rings. The molecule has 0 atom stereocenters. The maximum atomic E-state index is 2.46. The van der Waals surface area contributed by atoms with Crippen molar-refractivity contribution < 1.29 is 20.4 Å². The fraction of sp³-hybridized carbons (Fsp3) is 0.0769. The van der Waals surface area contributed by atoms with E-state index in [1.807, 2.05) is 0 Å². The first-order chi connectivity index (χ1) is 13.8. The molecule has 0 nitrogen and oxygen atoms in total. The molecule has 29 heavy (non-hydrogen) atoms. The quantitative estimate of drug-likeness (QED) is 0.237. The average Bonchev–Trinajstić information content (AvgIpc) is 2.77. The standard InChI is InChI=1S/C26H24P2.Pd/c1-22(27(23-14-6-2-7-15-23)24-16-8-3-9-17-24)28(25-18-10-4-11-19-25)26-20-12-5-13-21-26;/h2-22H,1H3;. The van der Waals surface area contributed by atoms with Gasteiger partial charge in [-0.2, -0.15) is 0 Å². The Bertz CT molecular complexity index is 814. The first-order valence-corrected chi connectivity index (χ1v) is 12.5. The molecule has 0 aliphatic heterocycles. The summed E-state index contributed by atoms with van der Waals surface area (Å²) in [6.45, 7) is 2.46. The fourth-order valence-electron chi connectivity index (χ4n) is 3.63. The van der Waals surface area contributed by atoms with Crippen LogP contribution in [-0.4, -0.2) is 5.40 Å². The van der Waals surface area contributed by atoms with Crippen molar-refractivity contribution in [3.8, 4) is 0 Å². The zero-order chi connectivity index (χ0) is 19.2. The van der Waals surface area contributed by atoms with Gasteiger partial charge < -0.3 is 0 Å². The summed E-state index contributed by atoms with van der Waals surface area (Å²) in [4.78, 5) is 0. The molecule has 0 aliphatic carbocycles. The van der Waals surface area contributed by atoms with Gasteiger partial charge in [-0.3, -0.25) is 0 Å². The van der Waals surface area contributed by atoms with Crippen LogP contribution in [0.5, 0.6) is 0 Å². The monoisotopic (exact) mass is 504 g/mol. The van der Waals surface area contributed by atoms with E-state index in [4.69, 9.17) is 0 Å². The Kier molecular flexibility index (Phi) is 8.36. The summed E-state index contributed by atoms with van der Waals surface area (Å²) in [6.07, 6.45) is 0. The SMILES string of the molecule is CC(P(c1ccccc1)c1ccccc1)P(c1ccccc1)c1ccccc1.[Pd]. The number of hydrogen-bond acceptors (Lipinski definition) is 0. The molecule has 0 saturated heterocycles. The molecule has 0 bridgehead atoms. The molecular weight excluding hydrogens is 481 g/mol. The smallest absolute Gasteiger partial charge is 0.0126 e. The third kappa shape index (κ3) is 5.31. The molecule has 0 radical (unpaired) electrons. The summed E-state index contributed by atoms with van der Waals surface area (Å²) in [5, 5.41) is 6.34. The molecule has 0 amide bonds. The average molecular weight is 505 g/mol. The van der Waals surface area contributed by atoms with Crippen LogP contribution in [0.3, 0.4) is 0 Å². The molecule has 0 N–H and O–H groups in total. The van der Waals surface area contributed by atoms with E-state index in [2.05, 4.69) is 128 Å². The second-order valence-corrected chi connectivity index (χ2v) is 12.2. The van der Waals surface area contributed by atoms with E-state index in [0.717, 1.165) is 0 Å². The molecule has 3 heteroatoms. The molecule has 0 aliphatic rings. The van der Waals surface area contributed by atoms with Gasteiger partial charge in [0.25, 0.3) is 0 Å². The zero-order valence-corrected chi connectivity index (χ0v) is 19.7. The molecule has 4 aromatic carbocycles. The predicted octanol–water partition coefficient (Wildman–Crippen LogP) is 5.60. The first kappa shape index (κ1) is 22.1. The largest absolute Gasteiger partial charge is 0.0622 e. The van der Waals surface area contributed by atoms with Gasteiger partial charge in [0.2, 0.25) is 0 Å². The minimum atomic E-state index is -0.470. The van der Waals surface area contributed by atoms with Crippen molar-refractivity contribution in [1.82, 2.24) is 0 Å². The molecule has 0 saturated carbocycles. The molecule has 4 aromatic rings. The molecule has 0 heterocycles. The summed E-state index contributed by atoms with van der Waals surface area (Å²) < 4.78 is 0. The zero-order valence-electron chi connectivity index (χ0n) is 16.3. The summed E-state index contributed by atoms with van der Waals surface area (Å²) in [7, 11) is -0.940. The van der Waals surface area contributed by atoms with Crippen LogP contribution in [0.1, 0.15) is 6.92 Å². The Morgan fingerprint density at radius 3 is 0.828 bits per heavy atom. The number of hydrogen-bond donors (Lipinski definition) is 0. The minimum Gasteiger partial charge on any atom is -0.0622 e. The maximum Gasteiger partial charge on any atom is 0.0126 e. The van der Waals surface area contributed by atoms with Crippen LogP contribution in [0.2, 0.25) is 0 Å². The van der Waals surface area contributed by atoms with Gasteiger partial charge in [0.15, 0.2) is 0 Å². The van der Waals surface area contributed by atoms with Crippen LogP contribution in [0.15, 0.2) is 121 Å². The van der Waals surface area contributed by atoms with Crippen molar-refractivity contribution in [3.63, 3.8) is 0 Å². The summed E-state index contributed by atoms with van der Waals surface area (Å²) in [5.74, 6) is 0. The molecule has 4 rings (SSSR count). The van der Waals surface area contributed by atoms with Crippen LogP contribution < -0.4 is 21.2 Å². The summed E-state index contributed by atoms with van der Waals surface area (Å²) in [6, 6.07) is 44.3. The van der Waals surface area contributed by atoms with Crippen LogP contribution in [0.4, 0.5) is 0 Å². The fourth-order valence-corrected chi connectivity index (χ4v) is 10.5. The number of benzene rings is 4. The third-order valence-electron chi connectivity index (χ3n) is 4.88. The van der Waals surface area contributed by atoms with E-state index >= 15 is 0 Å². The molecule has 0 aromatic heterocycles. The van der Waals surface area contributed by atoms with Crippen molar-refractivity contribution in [2.45, 2.75) is 12.3 Å². The van der Waals surface area contributed by atoms with Gasteiger partial charge in [-0.1, -0.05) is 128 Å². The van der Waals surface area contributed by atoms with E-state index in [0.29, 0.717) is 5.40 Å². The van der Waals surface area contributed by atoms with Gasteiger partial charge in [-0.25, -0.2) is 0 Å². The maximum absolute atomic E-state index is 2.46. The van der Waals surface area contributed by atoms with Crippen molar-refractivity contribution in [1.29, 1.82) is 0 Å². The van der Waals surface area contributed by atoms with Crippen LogP contribution >= 0.6 is 15.8 Å². The van der Waals surface area contributed by atoms with Gasteiger partial charge in [-0.05, 0) is 37.1 Å². The van der Waals surface area contributed by atoms with Crippen molar-refractivity contribution >= 4 is 37.1 Å². The van der Waals surface area contributed by atoms with Crippen molar-refractivity contribution in [2.24, 2.45) is 0 Å². The van der Waals surface area contributed by atoms with E-state index in [9.17, 15) is 0 Å². The Balaban J connectivity index is 0.00000240. The molecular formula is C26H24P2Pd. The Hall–Kier alpha value is -1.60. The van der Waals surface area contributed by atoms with E-state index in [-0.39, 0.29) is 20.4 Å². The Morgan fingerprint density at radius 2 is 0.621 bits per heavy atom. The normalized spacial score (nSPS) is 10.9. The van der Waals surface area contributed by atoms with Gasteiger partial charge in [0.1, 0.15) is 0 Å². The van der Waals surface area contributed by atoms with Gasteiger partial charge in [0, 0.05) is 25.8 Å².